The zero-order valence-corrected chi connectivity index (χ0v) is 11.7. The summed E-state index contributed by atoms with van der Waals surface area (Å²) >= 11 is 0. The molecular formula is C17H24O. The molecule has 0 aliphatic carbocycles. The van der Waals surface area contributed by atoms with E-state index in [9.17, 15) is 5.11 Å². The first-order valence-corrected chi connectivity index (χ1v) is 6.93. The van der Waals surface area contributed by atoms with Crippen LogP contribution in [0.1, 0.15) is 50.7 Å². The second kappa shape index (κ2) is 7.95. The van der Waals surface area contributed by atoms with Crippen LogP contribution in [0.2, 0.25) is 0 Å². The number of benzene rings is 1. The summed E-state index contributed by atoms with van der Waals surface area (Å²) in [6.07, 6.45) is 3.90. The first kappa shape index (κ1) is 14.8. The number of unbranched alkanes of at least 4 members (excludes halogenated alkanes) is 1. The topological polar surface area (TPSA) is 20.2 Å². The van der Waals surface area contributed by atoms with Crippen LogP contribution in [0.25, 0.3) is 0 Å². The Morgan fingerprint density at radius 3 is 2.39 bits per heavy atom. The van der Waals surface area contributed by atoms with E-state index in [2.05, 4.69) is 32.6 Å². The summed E-state index contributed by atoms with van der Waals surface area (Å²) in [5.74, 6) is 6.35. The Kier molecular flexibility index (Phi) is 6.54. The number of rotatable bonds is 5. The van der Waals surface area contributed by atoms with Gasteiger partial charge in [-0.3, -0.25) is 0 Å². The van der Waals surface area contributed by atoms with Crippen LogP contribution in [-0.2, 0) is 0 Å². The van der Waals surface area contributed by atoms with E-state index in [0.29, 0.717) is 5.92 Å². The van der Waals surface area contributed by atoms with Crippen LogP contribution >= 0.6 is 0 Å². The first-order valence-electron chi connectivity index (χ1n) is 6.93. The van der Waals surface area contributed by atoms with Gasteiger partial charge in [0.1, 0.15) is 6.10 Å². The van der Waals surface area contributed by atoms with E-state index in [0.717, 1.165) is 18.4 Å². The molecule has 0 aliphatic rings. The van der Waals surface area contributed by atoms with Crippen molar-refractivity contribution in [2.75, 3.05) is 0 Å². The summed E-state index contributed by atoms with van der Waals surface area (Å²) in [7, 11) is 0. The SMILES string of the molecule is CCCCC(CC)C(O)C#Cc1ccc(C)cc1. The lowest BCUT2D eigenvalue weighted by atomic mass is 9.93. The summed E-state index contributed by atoms with van der Waals surface area (Å²) in [5, 5.41) is 10.1. The van der Waals surface area contributed by atoms with E-state index in [-0.39, 0.29) is 0 Å². The van der Waals surface area contributed by atoms with Gasteiger partial charge in [-0.05, 0) is 37.8 Å². The van der Waals surface area contributed by atoms with Crippen molar-refractivity contribution in [2.45, 2.75) is 52.6 Å². The Morgan fingerprint density at radius 1 is 1.17 bits per heavy atom. The lowest BCUT2D eigenvalue weighted by Gasteiger charge is -2.16. The number of aliphatic hydroxyl groups is 1. The molecule has 1 heteroatoms. The standard InChI is InChI=1S/C17H24O/c1-4-6-7-16(5-2)17(18)13-12-15-10-8-14(3)9-11-15/h8-11,16-18H,4-7H2,1-3H3. The van der Waals surface area contributed by atoms with Gasteiger partial charge in [0, 0.05) is 5.56 Å². The smallest absolute Gasteiger partial charge is 0.117 e. The molecule has 0 saturated heterocycles. The second-order valence-electron chi connectivity index (χ2n) is 4.89. The van der Waals surface area contributed by atoms with Crippen molar-refractivity contribution in [3.63, 3.8) is 0 Å². The minimum Gasteiger partial charge on any atom is -0.380 e. The molecule has 1 nitrogen and oxygen atoms in total. The van der Waals surface area contributed by atoms with Crippen molar-refractivity contribution in [3.05, 3.63) is 35.4 Å². The number of aliphatic hydroxyl groups excluding tert-OH is 1. The molecule has 0 amide bonds. The van der Waals surface area contributed by atoms with Crippen LogP contribution in [-0.4, -0.2) is 11.2 Å². The maximum absolute atomic E-state index is 10.1. The molecular weight excluding hydrogens is 220 g/mol. The van der Waals surface area contributed by atoms with Crippen molar-refractivity contribution >= 4 is 0 Å². The van der Waals surface area contributed by atoms with Gasteiger partial charge in [0.2, 0.25) is 0 Å². The molecule has 1 aromatic carbocycles. The predicted molar refractivity (Wildman–Crippen MR) is 77.4 cm³/mol. The molecule has 0 aromatic heterocycles. The Bertz CT molecular complexity index is 394. The Morgan fingerprint density at radius 2 is 1.83 bits per heavy atom. The van der Waals surface area contributed by atoms with Crippen LogP contribution in [0.15, 0.2) is 24.3 Å². The van der Waals surface area contributed by atoms with Gasteiger partial charge in [0.25, 0.3) is 0 Å². The molecule has 1 N–H and O–H groups in total. The Hall–Kier alpha value is -1.26. The van der Waals surface area contributed by atoms with Crippen LogP contribution < -0.4 is 0 Å². The largest absolute Gasteiger partial charge is 0.380 e. The quantitative estimate of drug-likeness (QED) is 0.778. The van der Waals surface area contributed by atoms with E-state index >= 15 is 0 Å². The van der Waals surface area contributed by atoms with Gasteiger partial charge in [-0.25, -0.2) is 0 Å². The Labute approximate surface area is 111 Å². The second-order valence-corrected chi connectivity index (χ2v) is 4.89. The lowest BCUT2D eigenvalue weighted by Crippen LogP contribution is -2.17. The highest BCUT2D eigenvalue weighted by atomic mass is 16.3. The molecule has 0 spiro atoms. The fourth-order valence-corrected chi connectivity index (χ4v) is 1.96. The molecule has 0 radical (unpaired) electrons. The van der Waals surface area contributed by atoms with E-state index < -0.39 is 6.10 Å². The van der Waals surface area contributed by atoms with Gasteiger partial charge < -0.3 is 5.11 Å². The molecule has 0 aliphatic heterocycles. The van der Waals surface area contributed by atoms with Crippen molar-refractivity contribution in [3.8, 4) is 11.8 Å². The van der Waals surface area contributed by atoms with E-state index in [4.69, 9.17) is 0 Å². The average molecular weight is 244 g/mol. The van der Waals surface area contributed by atoms with Crippen molar-refractivity contribution in [1.82, 2.24) is 0 Å². The molecule has 18 heavy (non-hydrogen) atoms. The summed E-state index contributed by atoms with van der Waals surface area (Å²) in [6.45, 7) is 6.36. The zero-order chi connectivity index (χ0) is 13.4. The third-order valence-electron chi connectivity index (χ3n) is 3.32. The third kappa shape index (κ3) is 4.94. The van der Waals surface area contributed by atoms with Crippen LogP contribution in [0, 0.1) is 24.7 Å². The molecule has 2 atom stereocenters. The van der Waals surface area contributed by atoms with Crippen LogP contribution in [0.5, 0.6) is 0 Å². The van der Waals surface area contributed by atoms with E-state index in [1.54, 1.807) is 0 Å². The normalized spacial score (nSPS) is 13.6. The minimum absolute atomic E-state index is 0.308. The van der Waals surface area contributed by atoms with Crippen molar-refractivity contribution in [2.24, 2.45) is 5.92 Å². The lowest BCUT2D eigenvalue weighted by molar-refractivity contribution is 0.150. The summed E-state index contributed by atoms with van der Waals surface area (Å²) in [5.41, 5.74) is 2.21. The zero-order valence-electron chi connectivity index (χ0n) is 11.7. The first-order chi connectivity index (χ1) is 8.67. The molecule has 1 rings (SSSR count). The highest BCUT2D eigenvalue weighted by Gasteiger charge is 2.13. The van der Waals surface area contributed by atoms with Gasteiger partial charge >= 0.3 is 0 Å². The molecule has 0 saturated carbocycles. The average Bonchev–Trinajstić information content (AvgIpc) is 2.39. The molecule has 2 unspecified atom stereocenters. The molecule has 1 aromatic rings. The third-order valence-corrected chi connectivity index (χ3v) is 3.32. The number of aryl methyl sites for hydroxylation is 1. The van der Waals surface area contributed by atoms with Crippen molar-refractivity contribution < 1.29 is 5.11 Å². The minimum atomic E-state index is -0.497. The van der Waals surface area contributed by atoms with Crippen LogP contribution in [0.3, 0.4) is 0 Å². The number of hydrogen-bond donors (Lipinski definition) is 1. The van der Waals surface area contributed by atoms with Gasteiger partial charge in [0.05, 0.1) is 0 Å². The van der Waals surface area contributed by atoms with Gasteiger partial charge in [-0.2, -0.15) is 0 Å². The molecule has 98 valence electrons. The van der Waals surface area contributed by atoms with Gasteiger partial charge in [0.15, 0.2) is 0 Å². The maximum Gasteiger partial charge on any atom is 0.117 e. The predicted octanol–water partition coefficient (Wildman–Crippen LogP) is 3.92. The monoisotopic (exact) mass is 244 g/mol. The Balaban J connectivity index is 2.62. The summed E-state index contributed by atoms with van der Waals surface area (Å²) in [4.78, 5) is 0. The summed E-state index contributed by atoms with van der Waals surface area (Å²) < 4.78 is 0. The fourth-order valence-electron chi connectivity index (χ4n) is 1.96. The molecule has 0 heterocycles. The van der Waals surface area contributed by atoms with Gasteiger partial charge in [-0.1, -0.05) is 56.2 Å². The molecule has 0 bridgehead atoms. The van der Waals surface area contributed by atoms with Crippen molar-refractivity contribution in [1.29, 1.82) is 0 Å². The van der Waals surface area contributed by atoms with Crippen LogP contribution in [0.4, 0.5) is 0 Å². The number of hydrogen-bond acceptors (Lipinski definition) is 1. The fraction of sp³-hybridized carbons (Fsp3) is 0.529. The van der Waals surface area contributed by atoms with Gasteiger partial charge in [-0.15, -0.1) is 0 Å². The highest BCUT2D eigenvalue weighted by Crippen LogP contribution is 2.16. The maximum atomic E-state index is 10.1. The molecule has 0 fully saturated rings. The van der Waals surface area contributed by atoms with E-state index in [1.165, 1.54) is 18.4 Å². The summed E-state index contributed by atoms with van der Waals surface area (Å²) in [6, 6.07) is 8.10. The highest BCUT2D eigenvalue weighted by molar-refractivity contribution is 5.36. The van der Waals surface area contributed by atoms with E-state index in [1.807, 2.05) is 24.3 Å².